The summed E-state index contributed by atoms with van der Waals surface area (Å²) in [5, 5.41) is 24.7. The van der Waals surface area contributed by atoms with Gasteiger partial charge < -0.3 is 30.7 Å². The molecule has 2 aromatic carbocycles. The maximum atomic E-state index is 13.0. The van der Waals surface area contributed by atoms with Gasteiger partial charge in [0.15, 0.2) is 0 Å². The molecular formula is C49H56Cl2N14O3S. The van der Waals surface area contributed by atoms with Gasteiger partial charge in [0, 0.05) is 105 Å². The molecule has 6 aromatic rings. The minimum atomic E-state index is -1.31. The number of pyridine rings is 2. The van der Waals surface area contributed by atoms with Gasteiger partial charge in [0.25, 0.3) is 11.1 Å². The van der Waals surface area contributed by atoms with E-state index in [0.29, 0.717) is 33.0 Å². The number of anilines is 5. The molecule has 4 aromatic heterocycles. The van der Waals surface area contributed by atoms with Gasteiger partial charge in [0.05, 0.1) is 32.2 Å². The second kappa shape index (κ2) is 22.1. The Hall–Kier alpha value is -6.15. The zero-order valence-electron chi connectivity index (χ0n) is 39.1. The highest BCUT2D eigenvalue weighted by Crippen LogP contribution is 2.34. The Balaban J connectivity index is 0.000000152. The first-order valence-electron chi connectivity index (χ1n) is 23.3. The van der Waals surface area contributed by atoms with Gasteiger partial charge in [0.1, 0.15) is 34.6 Å². The largest absolute Gasteiger partial charge is 0.399 e. The van der Waals surface area contributed by atoms with Crippen molar-refractivity contribution in [2.45, 2.75) is 68.6 Å². The van der Waals surface area contributed by atoms with E-state index in [-0.39, 0.29) is 39.5 Å². The monoisotopic (exact) mass is 990 g/mol. The molecule has 20 heteroatoms. The number of rotatable bonds is 7. The van der Waals surface area contributed by atoms with Gasteiger partial charge >= 0.3 is 0 Å². The number of nitrogens with two attached hydrogens (primary N) is 1. The van der Waals surface area contributed by atoms with E-state index in [1.165, 1.54) is 18.5 Å². The standard InChI is InChI=1S/C24H26ClN7O.C14H14N4O2S.C11H16ClN3/c1-30-8-10-31(11-9-30)21-7-6-18(13-20(21)25)28-24-27-15-17-12-16(14-26)23(33)32(22(17)29-24)19-4-2-3-5-19;1-21(20)14-16-8-10-6-9(7-15)13(19)18(12(10)17-14)11-4-2-3-5-11;1-14-4-6-15(7-5-14)11-3-2-9(13)8-10(11)12/h6-7,12-13,15,19H,2-5,8-11H2,1H3,(H,27,28,29);6,8,11H,2-5H2,1H3;2-3,8H,4-7,13H2,1H3. The summed E-state index contributed by atoms with van der Waals surface area (Å²) >= 11 is 12.8. The van der Waals surface area contributed by atoms with Crippen molar-refractivity contribution < 1.29 is 4.21 Å². The van der Waals surface area contributed by atoms with E-state index in [9.17, 15) is 19.1 Å². The molecule has 4 fully saturated rings. The lowest BCUT2D eigenvalue weighted by atomic mass is 10.2. The second-order valence-corrected chi connectivity index (χ2v) is 20.1. The molecule has 360 valence electrons. The van der Waals surface area contributed by atoms with E-state index in [0.717, 1.165) is 131 Å². The number of piperazine rings is 2. The fourth-order valence-corrected chi connectivity index (χ4v) is 10.5. The third kappa shape index (κ3) is 11.3. The molecule has 2 aliphatic heterocycles. The van der Waals surface area contributed by atoms with Crippen LogP contribution in [0.2, 0.25) is 10.0 Å². The molecule has 1 unspecified atom stereocenters. The van der Waals surface area contributed by atoms with E-state index in [4.69, 9.17) is 34.2 Å². The summed E-state index contributed by atoms with van der Waals surface area (Å²) < 4.78 is 14.9. The zero-order chi connectivity index (χ0) is 48.8. The number of nitrogens with zero attached hydrogens (tertiary/aromatic N) is 12. The number of nitrogens with one attached hydrogen (secondary N) is 1. The normalized spacial score (nSPS) is 17.4. The van der Waals surface area contributed by atoms with Gasteiger partial charge in [-0.3, -0.25) is 22.9 Å². The highest BCUT2D eigenvalue weighted by Gasteiger charge is 2.25. The minimum absolute atomic E-state index is 0.0568. The van der Waals surface area contributed by atoms with E-state index in [1.54, 1.807) is 21.4 Å². The van der Waals surface area contributed by atoms with Crippen LogP contribution in [0.25, 0.3) is 22.1 Å². The number of fused-ring (bicyclic) bond motifs is 2. The Morgan fingerprint density at radius 2 is 1.13 bits per heavy atom. The van der Waals surface area contributed by atoms with E-state index >= 15 is 0 Å². The summed E-state index contributed by atoms with van der Waals surface area (Å²) in [7, 11) is 2.96. The molecule has 2 aliphatic carbocycles. The summed E-state index contributed by atoms with van der Waals surface area (Å²) in [5.41, 5.74) is 9.96. The lowest BCUT2D eigenvalue weighted by Crippen LogP contribution is -2.44. The van der Waals surface area contributed by atoms with Gasteiger partial charge in [0.2, 0.25) is 11.1 Å². The van der Waals surface area contributed by atoms with Crippen molar-refractivity contribution in [2.24, 2.45) is 0 Å². The van der Waals surface area contributed by atoms with Gasteiger partial charge in [-0.2, -0.15) is 15.5 Å². The highest BCUT2D eigenvalue weighted by molar-refractivity contribution is 7.84. The van der Waals surface area contributed by atoms with Crippen molar-refractivity contribution >= 4 is 84.8 Å². The molecular weight excluding hydrogens is 936 g/mol. The predicted molar refractivity (Wildman–Crippen MR) is 274 cm³/mol. The Kier molecular flexibility index (Phi) is 15.8. The number of nitrogen functional groups attached to an aromatic ring is 1. The van der Waals surface area contributed by atoms with Crippen LogP contribution in [0.15, 0.2) is 75.7 Å². The van der Waals surface area contributed by atoms with Crippen LogP contribution in [0.4, 0.5) is 28.7 Å². The van der Waals surface area contributed by atoms with Gasteiger partial charge in [-0.05, 0) is 88.3 Å². The van der Waals surface area contributed by atoms with Gasteiger partial charge in [-0.1, -0.05) is 48.9 Å². The average molecular weight is 992 g/mol. The first kappa shape index (κ1) is 49.3. The summed E-state index contributed by atoms with van der Waals surface area (Å²) in [5.74, 6) is 0.391. The maximum absolute atomic E-state index is 13.0. The molecule has 10 rings (SSSR count). The second-order valence-electron chi connectivity index (χ2n) is 18.0. The van der Waals surface area contributed by atoms with Crippen LogP contribution in [-0.2, 0) is 10.8 Å². The molecule has 2 saturated carbocycles. The smallest absolute Gasteiger partial charge is 0.270 e. The van der Waals surface area contributed by atoms with Crippen molar-refractivity contribution in [3.63, 3.8) is 0 Å². The van der Waals surface area contributed by atoms with Crippen LogP contribution < -0.4 is 32.0 Å². The number of hydrogen-bond acceptors (Lipinski definition) is 15. The minimum Gasteiger partial charge on any atom is -0.399 e. The van der Waals surface area contributed by atoms with Crippen molar-refractivity contribution in [2.75, 3.05) is 93.6 Å². The maximum Gasteiger partial charge on any atom is 0.270 e. The lowest BCUT2D eigenvalue weighted by molar-refractivity contribution is 0.313. The number of hydrogen-bond donors (Lipinski definition) is 2. The molecule has 2 saturated heterocycles. The fourth-order valence-electron chi connectivity index (χ4n) is 9.43. The van der Waals surface area contributed by atoms with Crippen LogP contribution in [0.5, 0.6) is 0 Å². The summed E-state index contributed by atoms with van der Waals surface area (Å²) in [6.45, 7) is 8.14. The molecule has 0 bridgehead atoms. The van der Waals surface area contributed by atoms with Crippen LogP contribution in [0.3, 0.4) is 0 Å². The molecule has 0 amide bonds. The van der Waals surface area contributed by atoms with Crippen molar-refractivity contribution in [3.05, 3.63) is 103 Å². The quantitative estimate of drug-likeness (QED) is 0.121. The Bertz CT molecular complexity index is 3070. The third-order valence-corrected chi connectivity index (χ3v) is 14.6. The summed E-state index contributed by atoms with van der Waals surface area (Å²) in [4.78, 5) is 52.1. The number of likely N-dealkylation sites (N-methyl/N-ethyl adjacent to an activating group) is 2. The van der Waals surface area contributed by atoms with Crippen molar-refractivity contribution in [1.82, 2.24) is 38.9 Å². The molecule has 0 radical (unpaired) electrons. The third-order valence-electron chi connectivity index (χ3n) is 13.3. The first-order valence-corrected chi connectivity index (χ1v) is 25.6. The van der Waals surface area contributed by atoms with Crippen molar-refractivity contribution in [1.29, 1.82) is 10.5 Å². The molecule has 3 N–H and O–H groups in total. The number of nitriles is 2. The predicted octanol–water partition coefficient (Wildman–Crippen LogP) is 7.12. The fraction of sp³-hybridized carbons (Fsp3) is 0.429. The Morgan fingerprint density at radius 3 is 1.59 bits per heavy atom. The summed E-state index contributed by atoms with van der Waals surface area (Å²) in [6.07, 6.45) is 12.6. The van der Waals surface area contributed by atoms with E-state index < -0.39 is 10.8 Å². The number of aromatic nitrogens is 6. The van der Waals surface area contributed by atoms with E-state index in [1.807, 2.05) is 48.5 Å². The van der Waals surface area contributed by atoms with Gasteiger partial charge in [-0.15, -0.1) is 0 Å². The summed E-state index contributed by atoms with van der Waals surface area (Å²) in [6, 6.07) is 18.8. The first-order chi connectivity index (χ1) is 33.3. The van der Waals surface area contributed by atoms with Crippen LogP contribution in [-0.4, -0.2) is 116 Å². The zero-order valence-corrected chi connectivity index (χ0v) is 41.4. The SMILES string of the molecule is CN1CCN(c2ccc(N)cc2Cl)CC1.CN1CCN(c2ccc(Nc3ncc4cc(C#N)c(=O)n(C5CCCC5)c4n3)cc2Cl)CC1.CS(=O)c1ncc2cc(C#N)c(=O)n(C3CCCC3)c2n1. The van der Waals surface area contributed by atoms with Crippen LogP contribution in [0, 0.1) is 22.7 Å². The van der Waals surface area contributed by atoms with Crippen molar-refractivity contribution in [3.8, 4) is 12.1 Å². The highest BCUT2D eigenvalue weighted by atomic mass is 35.5. The number of halogens is 2. The Labute approximate surface area is 413 Å². The molecule has 69 heavy (non-hydrogen) atoms. The molecule has 1 atom stereocenters. The molecule has 6 heterocycles. The lowest BCUT2D eigenvalue weighted by Gasteiger charge is -2.34. The number of benzene rings is 2. The van der Waals surface area contributed by atoms with E-state index in [2.05, 4.69) is 58.9 Å². The Morgan fingerprint density at radius 1 is 0.667 bits per heavy atom. The average Bonchev–Trinajstić information content (AvgIpc) is 4.09. The van der Waals surface area contributed by atoms with Crippen LogP contribution in [0.1, 0.15) is 74.6 Å². The topological polar surface area (TPSA) is 211 Å². The van der Waals surface area contributed by atoms with Crippen LogP contribution >= 0.6 is 23.2 Å². The molecule has 17 nitrogen and oxygen atoms in total. The molecule has 4 aliphatic rings. The van der Waals surface area contributed by atoms with Gasteiger partial charge in [-0.25, -0.2) is 15.0 Å². The molecule has 0 spiro atoms.